The van der Waals surface area contributed by atoms with Crippen molar-refractivity contribution in [2.24, 2.45) is 17.3 Å². The Hall–Kier alpha value is -2.01. The quantitative estimate of drug-likeness (QED) is 0.487. The third-order valence-electron chi connectivity index (χ3n) is 4.84. The molecule has 0 bridgehead atoms. The molecular weight excluding hydrogens is 461 g/mol. The Balaban J connectivity index is 1.76. The van der Waals surface area contributed by atoms with Crippen LogP contribution in [-0.2, 0) is 14.6 Å². The van der Waals surface area contributed by atoms with Crippen LogP contribution in [0.25, 0.3) is 0 Å². The minimum atomic E-state index is -3.91. The van der Waals surface area contributed by atoms with Crippen LogP contribution in [0.3, 0.4) is 0 Å². The topological polar surface area (TPSA) is 119 Å². The van der Waals surface area contributed by atoms with Crippen molar-refractivity contribution in [3.05, 3.63) is 51.1 Å². The minimum absolute atomic E-state index is 0.0861. The number of amides is 1. The Morgan fingerprint density at radius 2 is 1.93 bits per heavy atom. The van der Waals surface area contributed by atoms with Crippen LogP contribution in [0.4, 0.5) is 10.8 Å². The van der Waals surface area contributed by atoms with Gasteiger partial charge < -0.3 is 5.32 Å². The summed E-state index contributed by atoms with van der Waals surface area (Å²) in [4.78, 5) is 26.5. The van der Waals surface area contributed by atoms with Gasteiger partial charge in [0.2, 0.25) is 15.7 Å². The molecule has 1 aromatic heterocycles. The number of aromatic nitrogens is 1. The average Bonchev–Trinajstić information content (AvgIpc) is 2.95. The Labute approximate surface area is 180 Å². The van der Waals surface area contributed by atoms with E-state index in [1.165, 1.54) is 0 Å². The maximum absolute atomic E-state index is 12.7. The molecule has 1 aliphatic carbocycles. The molecular formula is C17H15Cl2N3O5S2. The van der Waals surface area contributed by atoms with Gasteiger partial charge in [-0.15, -0.1) is 0 Å². The van der Waals surface area contributed by atoms with Gasteiger partial charge in [0.05, 0.1) is 21.9 Å². The molecule has 1 aromatic carbocycles. The second kappa shape index (κ2) is 7.67. The molecule has 1 aliphatic rings. The van der Waals surface area contributed by atoms with Gasteiger partial charge in [0.25, 0.3) is 5.69 Å². The number of benzene rings is 1. The maximum atomic E-state index is 12.7. The predicted molar refractivity (Wildman–Crippen MR) is 110 cm³/mol. The highest BCUT2D eigenvalue weighted by molar-refractivity contribution is 7.93. The average molecular weight is 476 g/mol. The second-order valence-electron chi connectivity index (χ2n) is 7.01. The van der Waals surface area contributed by atoms with Crippen LogP contribution in [0, 0.1) is 27.4 Å². The van der Waals surface area contributed by atoms with E-state index < -0.39 is 14.8 Å². The van der Waals surface area contributed by atoms with Crippen molar-refractivity contribution >= 4 is 61.1 Å². The number of halogens is 2. The zero-order valence-corrected chi connectivity index (χ0v) is 18.3. The fraction of sp³-hybridized carbons (Fsp3) is 0.294. The van der Waals surface area contributed by atoms with Crippen LogP contribution < -0.4 is 5.32 Å². The van der Waals surface area contributed by atoms with E-state index in [9.17, 15) is 23.3 Å². The van der Waals surface area contributed by atoms with Crippen LogP contribution in [0.5, 0.6) is 0 Å². The molecule has 1 N–H and O–H groups in total. The Bertz CT molecular complexity index is 1110. The van der Waals surface area contributed by atoms with Gasteiger partial charge in [-0.25, -0.2) is 13.4 Å². The Morgan fingerprint density at radius 3 is 2.48 bits per heavy atom. The number of nitrogens with one attached hydrogen (secondary N) is 1. The molecule has 1 fully saturated rings. The molecule has 154 valence electrons. The second-order valence-corrected chi connectivity index (χ2v) is 11.2. The number of anilines is 1. The van der Waals surface area contributed by atoms with Crippen molar-refractivity contribution in [3.63, 3.8) is 0 Å². The largest absolute Gasteiger partial charge is 0.302 e. The highest BCUT2D eigenvalue weighted by atomic mass is 35.5. The lowest BCUT2D eigenvalue weighted by Gasteiger charge is -2.03. The van der Waals surface area contributed by atoms with E-state index in [4.69, 9.17) is 23.2 Å². The molecule has 1 amide bonds. The third kappa shape index (κ3) is 4.30. The molecule has 8 nitrogen and oxygen atoms in total. The molecule has 0 unspecified atom stereocenters. The standard InChI is InChI=1S/C17H15Cl2N3O5S2/c1-17(2)11(7-12(18)19)14(17)15(23)21-16-20-8-13(28-16)29(26,27)10-5-3-9(4-6-10)22(24)25/h3-8,11,14H,1-2H3,(H,20,21,23)/t11-,14-/m1/s1. The monoisotopic (exact) mass is 475 g/mol. The first kappa shape index (κ1) is 21.7. The third-order valence-corrected chi connectivity index (χ3v) is 8.23. The highest BCUT2D eigenvalue weighted by Crippen LogP contribution is 2.60. The van der Waals surface area contributed by atoms with Crippen LogP contribution in [0.2, 0.25) is 0 Å². The molecule has 3 rings (SSSR count). The number of hydrogen-bond acceptors (Lipinski definition) is 7. The number of rotatable bonds is 6. The van der Waals surface area contributed by atoms with E-state index in [1.807, 2.05) is 13.8 Å². The summed E-state index contributed by atoms with van der Waals surface area (Å²) in [7, 11) is -3.91. The maximum Gasteiger partial charge on any atom is 0.269 e. The molecule has 0 spiro atoms. The summed E-state index contributed by atoms with van der Waals surface area (Å²) < 4.78 is 25.4. The zero-order valence-electron chi connectivity index (χ0n) is 15.1. The summed E-state index contributed by atoms with van der Waals surface area (Å²) in [6, 6.07) is 4.54. The molecule has 2 aromatic rings. The molecule has 2 atom stereocenters. The summed E-state index contributed by atoms with van der Waals surface area (Å²) >= 11 is 12.2. The first-order valence-electron chi connectivity index (χ1n) is 8.23. The summed E-state index contributed by atoms with van der Waals surface area (Å²) in [5, 5.41) is 13.5. The summed E-state index contributed by atoms with van der Waals surface area (Å²) in [6.07, 6.45) is 2.75. The molecule has 12 heteroatoms. The lowest BCUT2D eigenvalue weighted by atomic mass is 10.1. The van der Waals surface area contributed by atoms with E-state index in [0.717, 1.165) is 41.8 Å². The summed E-state index contributed by atoms with van der Waals surface area (Å²) in [6.45, 7) is 3.81. The van der Waals surface area contributed by atoms with E-state index >= 15 is 0 Å². The Kier molecular flexibility index (Phi) is 5.74. The van der Waals surface area contributed by atoms with Crippen molar-refractivity contribution < 1.29 is 18.1 Å². The van der Waals surface area contributed by atoms with Crippen LogP contribution >= 0.6 is 34.5 Å². The minimum Gasteiger partial charge on any atom is -0.302 e. The Morgan fingerprint density at radius 1 is 1.31 bits per heavy atom. The van der Waals surface area contributed by atoms with Gasteiger partial charge in [-0.1, -0.05) is 48.4 Å². The lowest BCUT2D eigenvalue weighted by Crippen LogP contribution is -2.16. The van der Waals surface area contributed by atoms with E-state index in [0.29, 0.717) is 0 Å². The molecule has 29 heavy (non-hydrogen) atoms. The van der Waals surface area contributed by atoms with Crippen molar-refractivity contribution in [1.82, 2.24) is 4.98 Å². The summed E-state index contributed by atoms with van der Waals surface area (Å²) in [5.74, 6) is -0.802. The highest BCUT2D eigenvalue weighted by Gasteiger charge is 2.60. The fourth-order valence-corrected chi connectivity index (χ4v) is 5.82. The number of nitrogens with zero attached hydrogens (tertiary/aromatic N) is 2. The normalized spacial score (nSPS) is 20.0. The smallest absolute Gasteiger partial charge is 0.269 e. The van der Waals surface area contributed by atoms with Gasteiger partial charge >= 0.3 is 0 Å². The van der Waals surface area contributed by atoms with Gasteiger partial charge in [-0.2, -0.15) is 0 Å². The molecule has 0 radical (unpaired) electrons. The van der Waals surface area contributed by atoms with E-state index in [2.05, 4.69) is 10.3 Å². The predicted octanol–water partition coefficient (Wildman–Crippen LogP) is 4.41. The SMILES string of the molecule is CC1(C)[C@H](C=C(Cl)Cl)[C@@H]1C(=O)Nc1ncc(S(=O)(=O)c2ccc([N+](=O)[O-])cc2)s1. The number of nitro benzene ring substituents is 1. The van der Waals surface area contributed by atoms with Crippen molar-refractivity contribution in [2.75, 3.05) is 5.32 Å². The summed E-state index contributed by atoms with van der Waals surface area (Å²) in [5.41, 5.74) is -0.543. The number of nitro groups is 1. The van der Waals surface area contributed by atoms with Crippen LogP contribution in [-0.4, -0.2) is 24.2 Å². The number of hydrogen-bond donors (Lipinski definition) is 1. The molecule has 0 aliphatic heterocycles. The zero-order chi connectivity index (χ0) is 21.6. The van der Waals surface area contributed by atoms with Gasteiger partial charge in [0.15, 0.2) is 5.13 Å². The first-order chi connectivity index (χ1) is 13.4. The van der Waals surface area contributed by atoms with Crippen molar-refractivity contribution in [2.45, 2.75) is 23.0 Å². The van der Waals surface area contributed by atoms with Crippen molar-refractivity contribution in [1.29, 1.82) is 0 Å². The number of sulfone groups is 1. The number of carbonyl (C=O) groups is 1. The van der Waals surface area contributed by atoms with E-state index in [1.54, 1.807) is 6.08 Å². The van der Waals surface area contributed by atoms with E-state index in [-0.39, 0.29) is 47.6 Å². The molecule has 1 saturated carbocycles. The fourth-order valence-electron chi connectivity index (χ4n) is 3.11. The number of allylic oxidation sites excluding steroid dienone is 1. The van der Waals surface area contributed by atoms with Crippen LogP contribution in [0.15, 0.2) is 50.1 Å². The van der Waals surface area contributed by atoms with Gasteiger partial charge in [-0.3, -0.25) is 14.9 Å². The number of carbonyl (C=O) groups excluding carboxylic acids is 1. The molecule has 1 heterocycles. The molecule has 0 saturated heterocycles. The van der Waals surface area contributed by atoms with Gasteiger partial charge in [0, 0.05) is 12.1 Å². The van der Waals surface area contributed by atoms with Crippen molar-refractivity contribution in [3.8, 4) is 0 Å². The van der Waals surface area contributed by atoms with Gasteiger partial charge in [0.1, 0.15) is 8.70 Å². The number of thiazole rings is 1. The van der Waals surface area contributed by atoms with Crippen LogP contribution in [0.1, 0.15) is 13.8 Å². The lowest BCUT2D eigenvalue weighted by molar-refractivity contribution is -0.384. The number of non-ortho nitro benzene ring substituents is 1. The van der Waals surface area contributed by atoms with Gasteiger partial charge in [-0.05, 0) is 29.5 Å². The first-order valence-corrected chi connectivity index (χ1v) is 11.3.